The molecule has 0 unspecified atom stereocenters. The van der Waals surface area contributed by atoms with Gasteiger partial charge in [0.15, 0.2) is 0 Å². The molecule has 0 aliphatic carbocycles. The standard InChI is InChI=1S/C16H26O6Si2/c1-19-15(17)11-9-13(21-23(3,4)5)14(22-24(6,7)8)10-12(11)16(18)20-2/h9-10H,1-8H3. The lowest BCUT2D eigenvalue weighted by Crippen LogP contribution is -2.33. The van der Waals surface area contributed by atoms with Gasteiger partial charge in [0.25, 0.3) is 0 Å². The van der Waals surface area contributed by atoms with Crippen molar-refractivity contribution in [3.63, 3.8) is 0 Å². The molecule has 0 spiro atoms. The molecular formula is C16H26O6Si2. The molecule has 6 nitrogen and oxygen atoms in total. The highest BCUT2D eigenvalue weighted by molar-refractivity contribution is 6.71. The van der Waals surface area contributed by atoms with E-state index in [1.807, 2.05) is 39.3 Å². The van der Waals surface area contributed by atoms with E-state index in [0.717, 1.165) is 0 Å². The lowest BCUT2D eigenvalue weighted by atomic mass is 10.1. The maximum Gasteiger partial charge on any atom is 0.338 e. The minimum atomic E-state index is -1.96. The fourth-order valence-corrected chi connectivity index (χ4v) is 3.58. The lowest BCUT2D eigenvalue weighted by Gasteiger charge is -2.26. The molecule has 0 saturated carbocycles. The molecule has 1 aromatic carbocycles. The molecule has 0 heterocycles. The van der Waals surface area contributed by atoms with Crippen LogP contribution in [0.3, 0.4) is 0 Å². The van der Waals surface area contributed by atoms with Gasteiger partial charge in [0, 0.05) is 0 Å². The number of carbonyl (C=O) groups excluding carboxylic acids is 2. The first-order valence-corrected chi connectivity index (χ1v) is 14.4. The van der Waals surface area contributed by atoms with Crippen LogP contribution in [0.2, 0.25) is 39.3 Å². The summed E-state index contributed by atoms with van der Waals surface area (Å²) >= 11 is 0. The number of hydrogen-bond donors (Lipinski definition) is 0. The Kier molecular flexibility index (Phi) is 6.23. The molecule has 1 aromatic rings. The Hall–Kier alpha value is -1.81. The Bertz CT molecular complexity index is 574. The van der Waals surface area contributed by atoms with Gasteiger partial charge in [0.05, 0.1) is 25.3 Å². The Morgan fingerprint density at radius 3 is 1.21 bits per heavy atom. The van der Waals surface area contributed by atoms with Gasteiger partial charge in [-0.1, -0.05) is 0 Å². The highest BCUT2D eigenvalue weighted by atomic mass is 28.4. The monoisotopic (exact) mass is 370 g/mol. The molecule has 0 saturated heterocycles. The second kappa shape index (κ2) is 7.39. The molecule has 0 fully saturated rings. The first kappa shape index (κ1) is 20.2. The highest BCUT2D eigenvalue weighted by Crippen LogP contribution is 2.35. The Balaban J connectivity index is 3.59. The maximum absolute atomic E-state index is 12.1. The van der Waals surface area contributed by atoms with Crippen molar-refractivity contribution in [3.05, 3.63) is 23.3 Å². The molecule has 1 rings (SSSR count). The van der Waals surface area contributed by atoms with Crippen molar-refractivity contribution in [2.75, 3.05) is 14.2 Å². The minimum absolute atomic E-state index is 0.0977. The van der Waals surface area contributed by atoms with E-state index in [1.165, 1.54) is 26.4 Å². The Morgan fingerprint density at radius 1 is 0.708 bits per heavy atom. The van der Waals surface area contributed by atoms with E-state index < -0.39 is 28.6 Å². The number of ether oxygens (including phenoxy) is 2. The van der Waals surface area contributed by atoms with Crippen LogP contribution in [0.25, 0.3) is 0 Å². The summed E-state index contributed by atoms with van der Waals surface area (Å²) in [5.41, 5.74) is 0.195. The van der Waals surface area contributed by atoms with Gasteiger partial charge >= 0.3 is 11.9 Å². The van der Waals surface area contributed by atoms with Crippen LogP contribution < -0.4 is 8.85 Å². The van der Waals surface area contributed by atoms with Gasteiger partial charge in [-0.05, 0) is 51.4 Å². The second-order valence-electron chi connectivity index (χ2n) is 7.26. The third kappa shape index (κ3) is 5.68. The number of benzene rings is 1. The van der Waals surface area contributed by atoms with Crippen LogP contribution in [0.1, 0.15) is 20.7 Å². The van der Waals surface area contributed by atoms with Crippen molar-refractivity contribution in [2.24, 2.45) is 0 Å². The van der Waals surface area contributed by atoms with Crippen molar-refractivity contribution >= 4 is 28.6 Å². The van der Waals surface area contributed by atoms with Crippen LogP contribution in [-0.2, 0) is 9.47 Å². The Labute approximate surface area is 145 Å². The minimum Gasteiger partial charge on any atom is -0.542 e. The number of carbonyl (C=O) groups is 2. The summed E-state index contributed by atoms with van der Waals surface area (Å²) in [6, 6.07) is 3.01. The van der Waals surface area contributed by atoms with Crippen molar-refractivity contribution in [3.8, 4) is 11.5 Å². The van der Waals surface area contributed by atoms with E-state index in [1.54, 1.807) is 0 Å². The molecule has 134 valence electrons. The van der Waals surface area contributed by atoms with Crippen LogP contribution in [0.5, 0.6) is 11.5 Å². The summed E-state index contributed by atoms with van der Waals surface area (Å²) < 4.78 is 21.7. The van der Waals surface area contributed by atoms with E-state index >= 15 is 0 Å². The molecular weight excluding hydrogens is 344 g/mol. The third-order valence-electron chi connectivity index (χ3n) is 2.73. The van der Waals surface area contributed by atoms with Gasteiger partial charge in [-0.25, -0.2) is 9.59 Å². The molecule has 0 aromatic heterocycles. The third-order valence-corrected chi connectivity index (χ3v) is 4.39. The average Bonchev–Trinajstić information content (AvgIpc) is 2.44. The van der Waals surface area contributed by atoms with Gasteiger partial charge in [-0.15, -0.1) is 0 Å². The zero-order valence-corrected chi connectivity index (χ0v) is 17.6. The predicted molar refractivity (Wildman–Crippen MR) is 97.1 cm³/mol. The summed E-state index contributed by atoms with van der Waals surface area (Å²) in [4.78, 5) is 24.1. The van der Waals surface area contributed by atoms with Crippen molar-refractivity contribution in [2.45, 2.75) is 39.3 Å². The SMILES string of the molecule is COC(=O)c1cc(O[Si](C)(C)C)c(O[Si](C)(C)C)cc1C(=O)OC. The average molecular weight is 371 g/mol. The number of esters is 2. The van der Waals surface area contributed by atoms with Crippen LogP contribution >= 0.6 is 0 Å². The van der Waals surface area contributed by atoms with Crippen molar-refractivity contribution in [1.82, 2.24) is 0 Å². The summed E-state index contributed by atoms with van der Waals surface area (Å²) in [5.74, 6) is -0.361. The van der Waals surface area contributed by atoms with Gasteiger partial charge < -0.3 is 18.3 Å². The van der Waals surface area contributed by atoms with Gasteiger partial charge in [-0.3, -0.25) is 0 Å². The molecule has 0 atom stereocenters. The predicted octanol–water partition coefficient (Wildman–Crippen LogP) is 3.69. The van der Waals surface area contributed by atoms with Crippen molar-refractivity contribution < 1.29 is 27.9 Å². The number of rotatable bonds is 6. The van der Waals surface area contributed by atoms with Gasteiger partial charge in [0.1, 0.15) is 11.5 Å². The molecule has 0 radical (unpaired) electrons. The number of methoxy groups -OCH3 is 2. The van der Waals surface area contributed by atoms with Crippen LogP contribution in [0.15, 0.2) is 12.1 Å². The largest absolute Gasteiger partial charge is 0.542 e. The van der Waals surface area contributed by atoms with E-state index in [4.69, 9.17) is 18.3 Å². The van der Waals surface area contributed by atoms with Gasteiger partial charge in [0.2, 0.25) is 16.6 Å². The Morgan fingerprint density at radius 2 is 1.00 bits per heavy atom. The van der Waals surface area contributed by atoms with E-state index in [-0.39, 0.29) is 11.1 Å². The van der Waals surface area contributed by atoms with Crippen LogP contribution in [0.4, 0.5) is 0 Å². The number of hydrogen-bond acceptors (Lipinski definition) is 6. The fourth-order valence-electron chi connectivity index (χ4n) is 1.94. The molecule has 0 N–H and O–H groups in total. The topological polar surface area (TPSA) is 71.1 Å². The summed E-state index contributed by atoms with van der Waals surface area (Å²) in [6.45, 7) is 12.2. The molecule has 0 aliphatic heterocycles. The zero-order chi connectivity index (χ0) is 18.7. The zero-order valence-electron chi connectivity index (χ0n) is 15.6. The van der Waals surface area contributed by atoms with Crippen LogP contribution in [0, 0.1) is 0 Å². The lowest BCUT2D eigenvalue weighted by molar-refractivity contribution is 0.0555. The summed E-state index contributed by atoms with van der Waals surface area (Å²) in [7, 11) is -1.40. The summed E-state index contributed by atoms with van der Waals surface area (Å²) in [5, 5.41) is 0. The molecule has 0 amide bonds. The smallest absolute Gasteiger partial charge is 0.338 e. The maximum atomic E-state index is 12.1. The van der Waals surface area contributed by atoms with Crippen molar-refractivity contribution in [1.29, 1.82) is 0 Å². The highest BCUT2D eigenvalue weighted by Gasteiger charge is 2.28. The first-order chi connectivity index (χ1) is 10.9. The van der Waals surface area contributed by atoms with Crippen LogP contribution in [-0.4, -0.2) is 42.8 Å². The van der Waals surface area contributed by atoms with Gasteiger partial charge in [-0.2, -0.15) is 0 Å². The first-order valence-electron chi connectivity index (χ1n) is 7.60. The quantitative estimate of drug-likeness (QED) is 0.562. The van der Waals surface area contributed by atoms with E-state index in [2.05, 4.69) is 0 Å². The summed E-state index contributed by atoms with van der Waals surface area (Å²) in [6.07, 6.45) is 0. The molecule has 8 heteroatoms. The molecule has 0 bridgehead atoms. The molecule has 24 heavy (non-hydrogen) atoms. The normalized spacial score (nSPS) is 11.7. The second-order valence-corrected chi connectivity index (χ2v) is 16.1. The van der Waals surface area contributed by atoms with E-state index in [0.29, 0.717) is 11.5 Å². The fraction of sp³-hybridized carbons (Fsp3) is 0.500. The molecule has 0 aliphatic rings. The van der Waals surface area contributed by atoms with E-state index in [9.17, 15) is 9.59 Å².